The minimum atomic E-state index is -0.704. The predicted octanol–water partition coefficient (Wildman–Crippen LogP) is 4.35. The Kier molecular flexibility index (Phi) is 6.64. The molecule has 2 aromatic rings. The molecule has 0 atom stereocenters. The lowest BCUT2D eigenvalue weighted by atomic mass is 10.2. The van der Waals surface area contributed by atoms with Crippen molar-refractivity contribution in [3.8, 4) is 5.75 Å². The molecular formula is C21H18Cl2N2O5. The van der Waals surface area contributed by atoms with E-state index in [-0.39, 0.29) is 16.4 Å². The zero-order chi connectivity index (χ0) is 21.8. The van der Waals surface area contributed by atoms with E-state index in [1.807, 2.05) is 6.92 Å². The third-order valence-electron chi connectivity index (χ3n) is 4.24. The Hall–Kier alpha value is -3.03. The maximum atomic E-state index is 12.9. The van der Waals surface area contributed by atoms with Crippen LogP contribution in [0.2, 0.25) is 5.02 Å². The fraction of sp³-hybridized carbons (Fsp3) is 0.190. The molecule has 0 saturated carbocycles. The molecule has 0 bridgehead atoms. The second-order valence-corrected chi connectivity index (χ2v) is 7.10. The van der Waals surface area contributed by atoms with Crippen molar-refractivity contribution in [3.63, 3.8) is 0 Å². The number of carbonyl (C=O) groups is 3. The van der Waals surface area contributed by atoms with E-state index >= 15 is 0 Å². The highest BCUT2D eigenvalue weighted by Gasteiger charge is 2.40. The van der Waals surface area contributed by atoms with Gasteiger partial charge in [0.15, 0.2) is 0 Å². The number of hydrogen-bond donors (Lipinski definition) is 1. The smallest absolute Gasteiger partial charge is 0.338 e. The maximum absolute atomic E-state index is 12.9. The van der Waals surface area contributed by atoms with E-state index in [2.05, 4.69) is 5.32 Å². The first-order valence-corrected chi connectivity index (χ1v) is 9.79. The minimum absolute atomic E-state index is 0.0926. The van der Waals surface area contributed by atoms with Crippen molar-refractivity contribution in [1.29, 1.82) is 0 Å². The summed E-state index contributed by atoms with van der Waals surface area (Å²) in [5.41, 5.74) is 0.929. The highest BCUT2D eigenvalue weighted by atomic mass is 35.5. The molecule has 2 amide bonds. The average molecular weight is 449 g/mol. The number of ether oxygens (including phenoxy) is 2. The van der Waals surface area contributed by atoms with E-state index in [9.17, 15) is 14.4 Å². The molecule has 0 spiro atoms. The molecule has 9 heteroatoms. The highest BCUT2D eigenvalue weighted by Crippen LogP contribution is 2.37. The van der Waals surface area contributed by atoms with Crippen LogP contribution < -0.4 is 15.0 Å². The first kappa shape index (κ1) is 21.7. The van der Waals surface area contributed by atoms with Crippen LogP contribution in [-0.2, 0) is 14.3 Å². The normalized spacial score (nSPS) is 13.7. The van der Waals surface area contributed by atoms with Gasteiger partial charge in [0.1, 0.15) is 16.5 Å². The van der Waals surface area contributed by atoms with E-state index in [1.54, 1.807) is 36.4 Å². The predicted molar refractivity (Wildman–Crippen MR) is 114 cm³/mol. The first-order chi connectivity index (χ1) is 14.4. The van der Waals surface area contributed by atoms with Gasteiger partial charge in [-0.3, -0.25) is 9.59 Å². The molecule has 7 nitrogen and oxygen atoms in total. The number of anilines is 2. The van der Waals surface area contributed by atoms with Crippen LogP contribution in [0.25, 0.3) is 0 Å². The first-order valence-electron chi connectivity index (χ1n) is 9.03. The van der Waals surface area contributed by atoms with Gasteiger partial charge in [0.2, 0.25) is 0 Å². The SMILES string of the molecule is CCCOC(=O)c1ccc(NC2=C(Cl)C(=O)N(c3cc(Cl)ccc3OC)C2=O)cc1. The number of carbonyl (C=O) groups excluding carboxylic acids is 3. The second-order valence-electron chi connectivity index (χ2n) is 6.29. The fourth-order valence-corrected chi connectivity index (χ4v) is 3.16. The summed E-state index contributed by atoms with van der Waals surface area (Å²) in [6.07, 6.45) is 0.724. The Morgan fingerprint density at radius 1 is 1.07 bits per heavy atom. The van der Waals surface area contributed by atoms with Crippen LogP contribution in [0.1, 0.15) is 23.7 Å². The lowest BCUT2D eigenvalue weighted by molar-refractivity contribution is -0.120. The summed E-state index contributed by atoms with van der Waals surface area (Å²) in [6.45, 7) is 2.24. The molecule has 1 heterocycles. The molecule has 0 radical (unpaired) electrons. The van der Waals surface area contributed by atoms with Crippen molar-refractivity contribution < 1.29 is 23.9 Å². The molecule has 0 fully saturated rings. The topological polar surface area (TPSA) is 84.9 Å². The van der Waals surface area contributed by atoms with Gasteiger partial charge < -0.3 is 14.8 Å². The van der Waals surface area contributed by atoms with E-state index in [1.165, 1.54) is 13.2 Å². The largest absolute Gasteiger partial charge is 0.495 e. The van der Waals surface area contributed by atoms with Gasteiger partial charge >= 0.3 is 5.97 Å². The van der Waals surface area contributed by atoms with Crippen molar-refractivity contribution in [3.05, 3.63) is 63.8 Å². The summed E-state index contributed by atoms with van der Waals surface area (Å²) in [7, 11) is 1.42. The summed E-state index contributed by atoms with van der Waals surface area (Å²) >= 11 is 12.2. The van der Waals surface area contributed by atoms with Crippen molar-refractivity contribution in [2.24, 2.45) is 0 Å². The van der Waals surface area contributed by atoms with Crippen LogP contribution in [0.5, 0.6) is 5.75 Å². The molecule has 2 aromatic carbocycles. The Balaban J connectivity index is 1.82. The summed E-state index contributed by atoms with van der Waals surface area (Å²) in [4.78, 5) is 38.4. The highest BCUT2D eigenvalue weighted by molar-refractivity contribution is 6.53. The minimum Gasteiger partial charge on any atom is -0.495 e. The van der Waals surface area contributed by atoms with E-state index in [0.29, 0.717) is 28.6 Å². The Morgan fingerprint density at radius 3 is 2.40 bits per heavy atom. The monoisotopic (exact) mass is 448 g/mol. The molecule has 30 heavy (non-hydrogen) atoms. The summed E-state index contributed by atoms with van der Waals surface area (Å²) in [5, 5.41) is 2.90. The molecule has 1 aliphatic heterocycles. The third kappa shape index (κ3) is 4.27. The standard InChI is InChI=1S/C21H18Cl2N2O5/c1-3-10-30-21(28)12-4-7-14(8-5-12)24-18-17(23)19(26)25(20(18)27)15-11-13(22)6-9-16(15)29-2/h4-9,11,24H,3,10H2,1-2H3. The number of nitrogens with one attached hydrogen (secondary N) is 1. The van der Waals surface area contributed by atoms with Crippen LogP contribution in [0.3, 0.4) is 0 Å². The maximum Gasteiger partial charge on any atom is 0.338 e. The summed E-state index contributed by atoms with van der Waals surface area (Å²) in [6, 6.07) is 10.8. The Labute approximate surface area is 183 Å². The Bertz CT molecular complexity index is 1030. The van der Waals surface area contributed by atoms with E-state index < -0.39 is 17.8 Å². The summed E-state index contributed by atoms with van der Waals surface area (Å²) < 4.78 is 10.3. The molecule has 3 rings (SSSR count). The second kappa shape index (κ2) is 9.19. The van der Waals surface area contributed by atoms with Crippen LogP contribution in [-0.4, -0.2) is 31.5 Å². The number of esters is 1. The lowest BCUT2D eigenvalue weighted by Crippen LogP contribution is -2.32. The Morgan fingerprint density at radius 2 is 1.77 bits per heavy atom. The van der Waals surface area contributed by atoms with Crippen LogP contribution in [0.4, 0.5) is 11.4 Å². The molecular weight excluding hydrogens is 431 g/mol. The molecule has 0 aliphatic carbocycles. The zero-order valence-corrected chi connectivity index (χ0v) is 17.7. The van der Waals surface area contributed by atoms with Gasteiger partial charge in [-0.25, -0.2) is 9.69 Å². The summed E-state index contributed by atoms with van der Waals surface area (Å²) in [5.74, 6) is -1.50. The number of halogens is 2. The number of nitrogens with zero attached hydrogens (tertiary/aromatic N) is 1. The number of methoxy groups -OCH3 is 1. The van der Waals surface area contributed by atoms with Crippen LogP contribution in [0, 0.1) is 0 Å². The van der Waals surface area contributed by atoms with Crippen molar-refractivity contribution in [2.45, 2.75) is 13.3 Å². The van der Waals surface area contributed by atoms with Gasteiger partial charge in [0.25, 0.3) is 11.8 Å². The van der Waals surface area contributed by atoms with Gasteiger partial charge in [-0.05, 0) is 48.9 Å². The molecule has 1 N–H and O–H groups in total. The van der Waals surface area contributed by atoms with E-state index in [0.717, 1.165) is 11.3 Å². The van der Waals surface area contributed by atoms with E-state index in [4.69, 9.17) is 32.7 Å². The number of imide groups is 1. The quantitative estimate of drug-likeness (QED) is 0.500. The van der Waals surface area contributed by atoms with Crippen molar-refractivity contribution in [1.82, 2.24) is 0 Å². The van der Waals surface area contributed by atoms with Crippen molar-refractivity contribution >= 4 is 52.4 Å². The molecule has 156 valence electrons. The number of hydrogen-bond acceptors (Lipinski definition) is 6. The molecule has 0 unspecified atom stereocenters. The fourth-order valence-electron chi connectivity index (χ4n) is 2.78. The molecule has 0 saturated heterocycles. The van der Waals surface area contributed by atoms with Gasteiger partial charge in [-0.2, -0.15) is 0 Å². The molecule has 1 aliphatic rings. The molecule has 0 aromatic heterocycles. The van der Waals surface area contributed by atoms with Gasteiger partial charge in [0, 0.05) is 10.7 Å². The lowest BCUT2D eigenvalue weighted by Gasteiger charge is -2.18. The van der Waals surface area contributed by atoms with Gasteiger partial charge in [-0.15, -0.1) is 0 Å². The third-order valence-corrected chi connectivity index (χ3v) is 4.82. The number of benzene rings is 2. The van der Waals surface area contributed by atoms with Gasteiger partial charge in [0.05, 0.1) is 25.0 Å². The van der Waals surface area contributed by atoms with Crippen LogP contribution in [0.15, 0.2) is 53.2 Å². The van der Waals surface area contributed by atoms with Gasteiger partial charge in [-0.1, -0.05) is 30.1 Å². The zero-order valence-electron chi connectivity index (χ0n) is 16.2. The van der Waals surface area contributed by atoms with Crippen molar-refractivity contribution in [2.75, 3.05) is 23.9 Å². The van der Waals surface area contributed by atoms with Crippen LogP contribution >= 0.6 is 23.2 Å². The average Bonchev–Trinajstić information content (AvgIpc) is 2.95. The number of amides is 2. The number of rotatable bonds is 7.